The SMILES string of the molecule is CC(NC(=O)c1c(C(F)(F)F)nn2c1N(Cc1cccc(I)c1)CC2)c1ccc(C(=O)O)cc1. The van der Waals surface area contributed by atoms with Gasteiger partial charge in [0.15, 0.2) is 5.69 Å². The van der Waals surface area contributed by atoms with Gasteiger partial charge in [0, 0.05) is 16.7 Å². The van der Waals surface area contributed by atoms with Crippen molar-refractivity contribution in [3.63, 3.8) is 0 Å². The van der Waals surface area contributed by atoms with E-state index < -0.39 is 35.4 Å². The van der Waals surface area contributed by atoms with Crippen LogP contribution in [0.1, 0.15) is 50.5 Å². The Labute approximate surface area is 206 Å². The predicted molar refractivity (Wildman–Crippen MR) is 127 cm³/mol. The maximum atomic E-state index is 13.8. The number of alkyl halides is 3. The molecule has 34 heavy (non-hydrogen) atoms. The number of halogens is 4. The minimum Gasteiger partial charge on any atom is -0.478 e. The molecule has 0 spiro atoms. The van der Waals surface area contributed by atoms with Crippen LogP contribution in [-0.2, 0) is 19.3 Å². The average molecular weight is 584 g/mol. The Bertz CT molecular complexity index is 1240. The lowest BCUT2D eigenvalue weighted by Gasteiger charge is -2.21. The lowest BCUT2D eigenvalue weighted by atomic mass is 10.1. The number of fused-ring (bicyclic) bond motifs is 1. The molecule has 0 aliphatic carbocycles. The third kappa shape index (κ3) is 4.88. The van der Waals surface area contributed by atoms with E-state index in [0.29, 0.717) is 18.7 Å². The fourth-order valence-corrected chi connectivity index (χ4v) is 4.54. The number of anilines is 1. The van der Waals surface area contributed by atoms with Crippen molar-refractivity contribution in [1.82, 2.24) is 15.1 Å². The lowest BCUT2D eigenvalue weighted by Crippen LogP contribution is -2.31. The van der Waals surface area contributed by atoms with Crippen LogP contribution in [0, 0.1) is 3.57 Å². The van der Waals surface area contributed by atoms with Crippen molar-refractivity contribution >= 4 is 40.3 Å². The summed E-state index contributed by atoms with van der Waals surface area (Å²) in [4.78, 5) is 25.9. The Kier molecular flexibility index (Phi) is 6.56. The quantitative estimate of drug-likeness (QED) is 0.410. The zero-order valence-corrected chi connectivity index (χ0v) is 20.1. The molecule has 1 aromatic heterocycles. The molecule has 0 bridgehead atoms. The Morgan fingerprint density at radius 3 is 2.50 bits per heavy atom. The summed E-state index contributed by atoms with van der Waals surface area (Å²) in [6, 6.07) is 12.7. The molecule has 0 radical (unpaired) electrons. The molecular weight excluding hydrogens is 564 g/mol. The highest BCUT2D eigenvalue weighted by molar-refractivity contribution is 14.1. The van der Waals surface area contributed by atoms with Gasteiger partial charge in [-0.3, -0.25) is 4.79 Å². The molecule has 11 heteroatoms. The zero-order chi connectivity index (χ0) is 24.6. The Morgan fingerprint density at radius 2 is 1.88 bits per heavy atom. The van der Waals surface area contributed by atoms with Crippen LogP contribution in [0.25, 0.3) is 0 Å². The normalized spacial score (nSPS) is 14.1. The van der Waals surface area contributed by atoms with Gasteiger partial charge in [-0.25, -0.2) is 9.48 Å². The first-order valence-electron chi connectivity index (χ1n) is 10.4. The summed E-state index contributed by atoms with van der Waals surface area (Å²) in [5, 5.41) is 15.4. The first-order valence-corrected chi connectivity index (χ1v) is 11.4. The number of rotatable bonds is 6. The smallest absolute Gasteiger partial charge is 0.436 e. The van der Waals surface area contributed by atoms with Gasteiger partial charge in [0.2, 0.25) is 0 Å². The van der Waals surface area contributed by atoms with E-state index in [4.69, 9.17) is 5.11 Å². The molecule has 1 aliphatic heterocycles. The maximum absolute atomic E-state index is 13.8. The van der Waals surface area contributed by atoms with Gasteiger partial charge in [-0.1, -0.05) is 24.3 Å². The van der Waals surface area contributed by atoms with Crippen molar-refractivity contribution < 1.29 is 27.9 Å². The molecule has 3 aromatic rings. The second-order valence-corrected chi connectivity index (χ2v) is 9.19. The summed E-state index contributed by atoms with van der Waals surface area (Å²) in [6.45, 7) is 2.63. The summed E-state index contributed by atoms with van der Waals surface area (Å²) in [7, 11) is 0. The van der Waals surface area contributed by atoms with Gasteiger partial charge in [-0.2, -0.15) is 18.3 Å². The first-order chi connectivity index (χ1) is 16.0. The Balaban J connectivity index is 1.65. The van der Waals surface area contributed by atoms with Crippen LogP contribution in [0.3, 0.4) is 0 Å². The largest absolute Gasteiger partial charge is 0.478 e. The van der Waals surface area contributed by atoms with Crippen LogP contribution < -0.4 is 10.2 Å². The third-order valence-electron chi connectivity index (χ3n) is 5.57. The zero-order valence-electron chi connectivity index (χ0n) is 17.9. The summed E-state index contributed by atoms with van der Waals surface area (Å²) in [5.41, 5.74) is -0.188. The van der Waals surface area contributed by atoms with E-state index in [9.17, 15) is 22.8 Å². The highest BCUT2D eigenvalue weighted by atomic mass is 127. The van der Waals surface area contributed by atoms with Gasteiger partial charge < -0.3 is 15.3 Å². The van der Waals surface area contributed by atoms with Crippen molar-refractivity contribution in [2.75, 3.05) is 11.4 Å². The maximum Gasteiger partial charge on any atom is 0.436 e. The molecule has 2 heterocycles. The Morgan fingerprint density at radius 1 is 1.18 bits per heavy atom. The molecule has 0 saturated heterocycles. The number of hydrogen-bond donors (Lipinski definition) is 2. The topological polar surface area (TPSA) is 87.5 Å². The highest BCUT2D eigenvalue weighted by Crippen LogP contribution is 2.38. The van der Waals surface area contributed by atoms with Gasteiger partial charge in [0.05, 0.1) is 18.2 Å². The van der Waals surface area contributed by atoms with Crippen molar-refractivity contribution in [1.29, 1.82) is 0 Å². The van der Waals surface area contributed by atoms with Gasteiger partial charge in [0.25, 0.3) is 5.91 Å². The number of carbonyl (C=O) groups is 2. The number of benzene rings is 2. The molecular formula is C23H20F3IN4O3. The van der Waals surface area contributed by atoms with E-state index in [1.165, 1.54) is 28.9 Å². The first kappa shape index (κ1) is 24.0. The number of nitrogens with one attached hydrogen (secondary N) is 1. The van der Waals surface area contributed by atoms with Gasteiger partial charge in [-0.05, 0) is 64.9 Å². The fourth-order valence-electron chi connectivity index (χ4n) is 3.94. The number of nitrogens with zero attached hydrogens (tertiary/aromatic N) is 3. The van der Waals surface area contributed by atoms with Gasteiger partial charge >= 0.3 is 12.1 Å². The number of aromatic carboxylic acids is 1. The lowest BCUT2D eigenvalue weighted by molar-refractivity contribution is -0.141. The molecule has 1 aliphatic rings. The molecule has 0 fully saturated rings. The minimum absolute atomic E-state index is 0.0716. The van der Waals surface area contributed by atoms with Crippen LogP contribution in [0.4, 0.5) is 19.0 Å². The number of amides is 1. The predicted octanol–water partition coefficient (Wildman–Crippen LogP) is 4.72. The van der Waals surface area contributed by atoms with E-state index in [1.807, 2.05) is 24.3 Å². The van der Waals surface area contributed by atoms with Gasteiger partial charge in [0.1, 0.15) is 11.4 Å². The summed E-state index contributed by atoms with van der Waals surface area (Å²) >= 11 is 2.17. The van der Waals surface area contributed by atoms with Crippen molar-refractivity contribution in [2.24, 2.45) is 0 Å². The summed E-state index contributed by atoms with van der Waals surface area (Å²) < 4.78 is 43.7. The average Bonchev–Trinajstić information content (AvgIpc) is 3.34. The second kappa shape index (κ2) is 9.28. The van der Waals surface area contributed by atoms with Crippen LogP contribution in [0.15, 0.2) is 48.5 Å². The van der Waals surface area contributed by atoms with Crippen molar-refractivity contribution in [2.45, 2.75) is 32.2 Å². The molecule has 0 saturated carbocycles. The van der Waals surface area contributed by atoms with Crippen molar-refractivity contribution in [3.05, 3.63) is 80.0 Å². The number of carboxylic acid groups (broad SMARTS) is 1. The van der Waals surface area contributed by atoms with Crippen molar-refractivity contribution in [3.8, 4) is 0 Å². The monoisotopic (exact) mass is 584 g/mol. The summed E-state index contributed by atoms with van der Waals surface area (Å²) in [5.74, 6) is -1.85. The molecule has 1 atom stereocenters. The van der Waals surface area contributed by atoms with E-state index in [-0.39, 0.29) is 17.9 Å². The fraction of sp³-hybridized carbons (Fsp3) is 0.261. The number of hydrogen-bond acceptors (Lipinski definition) is 4. The molecule has 2 N–H and O–H groups in total. The van der Waals surface area contributed by atoms with E-state index in [1.54, 1.807) is 11.8 Å². The standard InChI is InChI=1S/C23H20F3IN4O3/c1-13(15-5-7-16(8-6-15)22(33)34)28-20(32)18-19(23(24,25)26)29-31-10-9-30(21(18)31)12-14-3-2-4-17(27)11-14/h2-8,11,13H,9-10,12H2,1H3,(H,28,32)(H,33,34). The minimum atomic E-state index is -4.80. The van der Waals surface area contributed by atoms with Crippen LogP contribution in [0.2, 0.25) is 0 Å². The van der Waals surface area contributed by atoms with Gasteiger partial charge in [-0.15, -0.1) is 0 Å². The molecule has 4 rings (SSSR count). The second-order valence-electron chi connectivity index (χ2n) is 7.94. The van der Waals surface area contributed by atoms with Crippen LogP contribution in [0.5, 0.6) is 0 Å². The molecule has 7 nitrogen and oxygen atoms in total. The molecule has 2 aromatic carbocycles. The van der Waals surface area contributed by atoms with Crippen LogP contribution in [-0.4, -0.2) is 33.3 Å². The Hall–Kier alpha value is -3.09. The number of aromatic nitrogens is 2. The van der Waals surface area contributed by atoms with E-state index in [0.717, 1.165) is 9.13 Å². The van der Waals surface area contributed by atoms with E-state index >= 15 is 0 Å². The molecule has 1 amide bonds. The number of carbonyl (C=O) groups excluding carboxylic acids is 1. The van der Waals surface area contributed by atoms with Crippen LogP contribution >= 0.6 is 22.6 Å². The third-order valence-corrected chi connectivity index (χ3v) is 6.24. The highest BCUT2D eigenvalue weighted by Gasteiger charge is 2.44. The molecule has 1 unspecified atom stereocenters. The molecule has 178 valence electrons. The summed E-state index contributed by atoms with van der Waals surface area (Å²) in [6.07, 6.45) is -4.80. The number of carboxylic acids is 1. The van der Waals surface area contributed by atoms with E-state index in [2.05, 4.69) is 33.0 Å².